The number of amides is 2. The van der Waals surface area contributed by atoms with E-state index in [1.165, 1.54) is 6.26 Å². The molecule has 6 nitrogen and oxygen atoms in total. The monoisotopic (exact) mass is 251 g/mol. The summed E-state index contributed by atoms with van der Waals surface area (Å²) in [6, 6.07) is 1.55. The van der Waals surface area contributed by atoms with Gasteiger partial charge in [-0.15, -0.1) is 0 Å². The maximum absolute atomic E-state index is 11.8. The third kappa shape index (κ3) is 2.38. The Kier molecular flexibility index (Phi) is 3.66. The Morgan fingerprint density at radius 3 is 3.06 bits per heavy atom. The minimum Gasteiger partial charge on any atom is -0.467 e. The first-order valence-corrected chi connectivity index (χ1v) is 6.00. The zero-order valence-corrected chi connectivity index (χ0v) is 10.3. The quantitative estimate of drug-likeness (QED) is 0.467. The van der Waals surface area contributed by atoms with Crippen LogP contribution in [0.4, 0.5) is 0 Å². The van der Waals surface area contributed by atoms with Gasteiger partial charge in [-0.1, -0.05) is 13.3 Å². The lowest BCUT2D eigenvalue weighted by molar-refractivity contribution is -0.128. The molecule has 1 aromatic rings. The maximum atomic E-state index is 11.8. The van der Waals surface area contributed by atoms with Crippen molar-refractivity contribution in [1.82, 2.24) is 10.3 Å². The number of hydrogen-bond acceptors (Lipinski definition) is 4. The highest BCUT2D eigenvalue weighted by molar-refractivity contribution is 5.94. The number of likely N-dealkylation sites (tertiary alicyclic amines) is 1. The summed E-state index contributed by atoms with van der Waals surface area (Å²) in [6.45, 7) is 3.12. The van der Waals surface area contributed by atoms with E-state index in [1.807, 2.05) is 0 Å². The fourth-order valence-electron chi connectivity index (χ4n) is 2.20. The molecule has 1 aliphatic heterocycles. The number of hydrazine groups is 1. The molecule has 98 valence electrons. The third-order valence-corrected chi connectivity index (χ3v) is 3.33. The van der Waals surface area contributed by atoms with Crippen LogP contribution >= 0.6 is 0 Å². The van der Waals surface area contributed by atoms with Crippen molar-refractivity contribution in [3.8, 4) is 0 Å². The number of nitrogens with zero attached hydrogens (tertiary/aromatic N) is 1. The van der Waals surface area contributed by atoms with Gasteiger partial charge in [0.1, 0.15) is 5.76 Å². The topological polar surface area (TPSA) is 88.6 Å². The summed E-state index contributed by atoms with van der Waals surface area (Å²) in [6.07, 6.45) is 2.99. The van der Waals surface area contributed by atoms with Crippen molar-refractivity contribution >= 4 is 11.8 Å². The molecule has 0 aliphatic carbocycles. The molecule has 0 bridgehead atoms. The van der Waals surface area contributed by atoms with Gasteiger partial charge in [-0.25, -0.2) is 5.84 Å². The highest BCUT2D eigenvalue weighted by Crippen LogP contribution is 2.23. The van der Waals surface area contributed by atoms with Crippen molar-refractivity contribution in [2.75, 3.05) is 6.54 Å². The second kappa shape index (κ2) is 5.22. The molecule has 2 amide bonds. The molecule has 1 saturated heterocycles. The zero-order valence-electron chi connectivity index (χ0n) is 10.3. The van der Waals surface area contributed by atoms with E-state index in [-0.39, 0.29) is 5.91 Å². The number of furan rings is 1. The number of rotatable bonds is 4. The summed E-state index contributed by atoms with van der Waals surface area (Å²) in [4.78, 5) is 25.0. The standard InChI is InChI=1S/C12H17N3O3/c1-2-8-5-11(16)15(6-8)7-10-9(3-4-18-10)12(17)14-13/h3-4,8H,2,5-7,13H2,1H3,(H,14,17). The van der Waals surface area contributed by atoms with Crippen LogP contribution in [0.25, 0.3) is 0 Å². The van der Waals surface area contributed by atoms with Crippen LogP contribution in [-0.4, -0.2) is 23.3 Å². The summed E-state index contributed by atoms with van der Waals surface area (Å²) >= 11 is 0. The van der Waals surface area contributed by atoms with E-state index in [2.05, 4.69) is 12.3 Å². The molecule has 1 aromatic heterocycles. The first-order chi connectivity index (χ1) is 8.65. The minimum atomic E-state index is -0.405. The molecule has 2 heterocycles. The fourth-order valence-corrected chi connectivity index (χ4v) is 2.20. The van der Waals surface area contributed by atoms with Crippen molar-refractivity contribution in [1.29, 1.82) is 0 Å². The minimum absolute atomic E-state index is 0.109. The van der Waals surface area contributed by atoms with Gasteiger partial charge in [-0.2, -0.15) is 0 Å². The van der Waals surface area contributed by atoms with Crippen molar-refractivity contribution in [3.63, 3.8) is 0 Å². The fraction of sp³-hybridized carbons (Fsp3) is 0.500. The Bertz CT molecular complexity index is 455. The lowest BCUT2D eigenvalue weighted by Crippen LogP contribution is -2.31. The molecule has 1 aliphatic rings. The average molecular weight is 251 g/mol. The molecule has 18 heavy (non-hydrogen) atoms. The number of nitrogens with one attached hydrogen (secondary N) is 1. The van der Waals surface area contributed by atoms with Crippen LogP contribution in [0.2, 0.25) is 0 Å². The molecule has 2 rings (SSSR count). The van der Waals surface area contributed by atoms with E-state index in [0.717, 1.165) is 13.0 Å². The molecular formula is C12H17N3O3. The van der Waals surface area contributed by atoms with E-state index < -0.39 is 5.91 Å². The molecule has 3 N–H and O–H groups in total. The lowest BCUT2D eigenvalue weighted by atomic mass is 10.1. The van der Waals surface area contributed by atoms with Crippen LogP contribution in [0.15, 0.2) is 16.7 Å². The molecule has 0 aromatic carbocycles. The number of nitrogen functional groups attached to an aromatic ring is 1. The van der Waals surface area contributed by atoms with Crippen LogP contribution in [-0.2, 0) is 11.3 Å². The Morgan fingerprint density at radius 2 is 2.44 bits per heavy atom. The molecule has 0 saturated carbocycles. The summed E-state index contributed by atoms with van der Waals surface area (Å²) in [7, 11) is 0. The SMILES string of the molecule is CCC1CC(=O)N(Cc2occc2C(=O)NN)C1. The van der Waals surface area contributed by atoms with Crippen LogP contribution in [0, 0.1) is 5.92 Å². The first kappa shape index (κ1) is 12.6. The number of hydrogen-bond donors (Lipinski definition) is 2. The zero-order chi connectivity index (χ0) is 13.1. The van der Waals surface area contributed by atoms with Gasteiger partial charge < -0.3 is 9.32 Å². The first-order valence-electron chi connectivity index (χ1n) is 6.00. The molecule has 6 heteroatoms. The van der Waals surface area contributed by atoms with Gasteiger partial charge in [0, 0.05) is 13.0 Å². The van der Waals surface area contributed by atoms with Crippen molar-refractivity contribution in [3.05, 3.63) is 23.7 Å². The van der Waals surface area contributed by atoms with E-state index in [0.29, 0.717) is 30.2 Å². The summed E-state index contributed by atoms with van der Waals surface area (Å²) < 4.78 is 5.26. The number of carbonyl (C=O) groups is 2. The normalized spacial score (nSPS) is 19.3. The summed E-state index contributed by atoms with van der Waals surface area (Å²) in [5, 5.41) is 0. The van der Waals surface area contributed by atoms with Crippen LogP contribution in [0.3, 0.4) is 0 Å². The van der Waals surface area contributed by atoms with Crippen LogP contribution in [0.1, 0.15) is 35.9 Å². The van der Waals surface area contributed by atoms with Crippen molar-refractivity contribution in [2.24, 2.45) is 11.8 Å². The highest BCUT2D eigenvalue weighted by Gasteiger charge is 2.29. The Labute approximate surface area is 105 Å². The van der Waals surface area contributed by atoms with E-state index >= 15 is 0 Å². The Morgan fingerprint density at radius 1 is 1.67 bits per heavy atom. The smallest absolute Gasteiger partial charge is 0.268 e. The van der Waals surface area contributed by atoms with Crippen molar-refractivity contribution in [2.45, 2.75) is 26.3 Å². The van der Waals surface area contributed by atoms with Gasteiger partial charge in [0.25, 0.3) is 5.91 Å². The van der Waals surface area contributed by atoms with E-state index in [4.69, 9.17) is 10.3 Å². The second-order valence-corrected chi connectivity index (χ2v) is 4.48. The molecule has 0 radical (unpaired) electrons. The largest absolute Gasteiger partial charge is 0.467 e. The molecule has 1 unspecified atom stereocenters. The molecular weight excluding hydrogens is 234 g/mol. The van der Waals surface area contributed by atoms with Gasteiger partial charge in [0.05, 0.1) is 18.4 Å². The third-order valence-electron chi connectivity index (χ3n) is 3.33. The Balaban J connectivity index is 2.08. The maximum Gasteiger partial charge on any atom is 0.268 e. The van der Waals surface area contributed by atoms with E-state index in [9.17, 15) is 9.59 Å². The Hall–Kier alpha value is -1.82. The van der Waals surface area contributed by atoms with Gasteiger partial charge in [0.2, 0.25) is 5.91 Å². The predicted octanol–water partition coefficient (Wildman–Crippen LogP) is 0.642. The molecule has 0 spiro atoms. The van der Waals surface area contributed by atoms with Gasteiger partial charge in [-0.05, 0) is 12.0 Å². The predicted molar refractivity (Wildman–Crippen MR) is 64.2 cm³/mol. The van der Waals surface area contributed by atoms with Gasteiger partial charge in [-0.3, -0.25) is 15.0 Å². The van der Waals surface area contributed by atoms with Crippen LogP contribution < -0.4 is 11.3 Å². The molecule has 1 atom stereocenters. The van der Waals surface area contributed by atoms with Crippen LogP contribution in [0.5, 0.6) is 0 Å². The highest BCUT2D eigenvalue weighted by atomic mass is 16.3. The number of carbonyl (C=O) groups excluding carboxylic acids is 2. The second-order valence-electron chi connectivity index (χ2n) is 4.48. The van der Waals surface area contributed by atoms with Gasteiger partial charge >= 0.3 is 0 Å². The van der Waals surface area contributed by atoms with Gasteiger partial charge in [0.15, 0.2) is 0 Å². The van der Waals surface area contributed by atoms with Crippen molar-refractivity contribution < 1.29 is 14.0 Å². The number of nitrogens with two attached hydrogens (primary N) is 1. The average Bonchev–Trinajstić information content (AvgIpc) is 2.96. The summed E-state index contributed by atoms with van der Waals surface area (Å²) in [5.74, 6) is 5.67. The summed E-state index contributed by atoms with van der Waals surface area (Å²) in [5.41, 5.74) is 2.44. The molecule has 1 fully saturated rings. The lowest BCUT2D eigenvalue weighted by Gasteiger charge is -2.15. The van der Waals surface area contributed by atoms with E-state index in [1.54, 1.807) is 11.0 Å².